The van der Waals surface area contributed by atoms with Crippen molar-refractivity contribution in [3.05, 3.63) is 59.2 Å². The van der Waals surface area contributed by atoms with Gasteiger partial charge in [-0.25, -0.2) is 13.1 Å². The van der Waals surface area contributed by atoms with Gasteiger partial charge in [-0.2, -0.15) is 0 Å². The minimum atomic E-state index is -3.54. The average Bonchev–Trinajstić information content (AvgIpc) is 3.30. The van der Waals surface area contributed by atoms with Crippen LogP contribution in [-0.2, 0) is 15.6 Å². The van der Waals surface area contributed by atoms with Crippen LogP contribution in [0.3, 0.4) is 0 Å². The van der Waals surface area contributed by atoms with Gasteiger partial charge in [-0.15, -0.1) is 0 Å². The molecule has 0 unspecified atom stereocenters. The molecule has 0 amide bonds. The van der Waals surface area contributed by atoms with Crippen LogP contribution in [0.15, 0.2) is 47.4 Å². The largest absolute Gasteiger partial charge is 0.497 e. The number of rotatable bonds is 5. The van der Waals surface area contributed by atoms with Crippen molar-refractivity contribution in [3.8, 4) is 5.75 Å². The van der Waals surface area contributed by atoms with Crippen molar-refractivity contribution in [1.82, 2.24) is 4.72 Å². The molecule has 0 aromatic heterocycles. The van der Waals surface area contributed by atoms with E-state index in [4.69, 9.17) is 4.74 Å². The zero-order chi connectivity index (χ0) is 16.7. The van der Waals surface area contributed by atoms with Crippen molar-refractivity contribution in [2.24, 2.45) is 0 Å². The fourth-order valence-corrected chi connectivity index (χ4v) is 4.22. The van der Waals surface area contributed by atoms with E-state index in [9.17, 15) is 8.42 Å². The van der Waals surface area contributed by atoms with E-state index >= 15 is 0 Å². The Bertz CT molecular complexity index is 822. The lowest BCUT2D eigenvalue weighted by Gasteiger charge is -2.19. The van der Waals surface area contributed by atoms with E-state index in [0.29, 0.717) is 4.90 Å². The summed E-state index contributed by atoms with van der Waals surface area (Å²) in [5.41, 5.74) is 2.55. The Morgan fingerprint density at radius 3 is 2.17 bits per heavy atom. The van der Waals surface area contributed by atoms with E-state index in [0.717, 1.165) is 35.3 Å². The summed E-state index contributed by atoms with van der Waals surface area (Å²) in [4.78, 5) is 0.320. The molecule has 0 saturated heterocycles. The summed E-state index contributed by atoms with van der Waals surface area (Å²) >= 11 is 0. The van der Waals surface area contributed by atoms with Crippen LogP contribution in [0, 0.1) is 13.8 Å². The predicted molar refractivity (Wildman–Crippen MR) is 90.1 cm³/mol. The number of nitrogens with one attached hydrogen (secondary N) is 1. The molecule has 1 aliphatic carbocycles. The highest BCUT2D eigenvalue weighted by atomic mass is 32.2. The van der Waals surface area contributed by atoms with E-state index in [1.165, 1.54) is 0 Å². The van der Waals surface area contributed by atoms with Crippen molar-refractivity contribution in [2.75, 3.05) is 7.11 Å². The molecule has 0 aliphatic heterocycles. The summed E-state index contributed by atoms with van der Waals surface area (Å²) in [5, 5.41) is 0. The van der Waals surface area contributed by atoms with Gasteiger partial charge in [0.25, 0.3) is 0 Å². The summed E-state index contributed by atoms with van der Waals surface area (Å²) in [7, 11) is -1.92. The fraction of sp³-hybridized carbons (Fsp3) is 0.333. The molecule has 2 aromatic carbocycles. The first kappa shape index (κ1) is 16.0. The van der Waals surface area contributed by atoms with Gasteiger partial charge in [-0.05, 0) is 67.6 Å². The first-order chi connectivity index (χ1) is 10.9. The molecule has 1 N–H and O–H groups in total. The normalized spacial score (nSPS) is 16.1. The maximum absolute atomic E-state index is 12.7. The van der Waals surface area contributed by atoms with Gasteiger partial charge in [0.2, 0.25) is 10.0 Å². The van der Waals surface area contributed by atoms with Crippen LogP contribution in [0.1, 0.15) is 29.5 Å². The van der Waals surface area contributed by atoms with Gasteiger partial charge in [0.05, 0.1) is 17.5 Å². The molecule has 0 bridgehead atoms. The first-order valence-corrected chi connectivity index (χ1v) is 9.10. The van der Waals surface area contributed by atoms with Crippen LogP contribution in [0.25, 0.3) is 0 Å². The van der Waals surface area contributed by atoms with E-state index in [-0.39, 0.29) is 0 Å². The van der Waals surface area contributed by atoms with E-state index in [1.54, 1.807) is 19.2 Å². The maximum atomic E-state index is 12.7. The van der Waals surface area contributed by atoms with Gasteiger partial charge in [0.1, 0.15) is 5.75 Å². The van der Waals surface area contributed by atoms with Gasteiger partial charge in [-0.1, -0.05) is 18.2 Å². The fourth-order valence-electron chi connectivity index (χ4n) is 2.68. The number of sulfonamides is 1. The molecule has 5 heteroatoms. The molecular weight excluding hydrogens is 310 g/mol. The SMILES string of the molecule is COc1ccc(C2(NS(=O)(=O)c3ccc(C)c(C)c3)CC2)cc1. The minimum absolute atomic E-state index is 0.320. The van der Waals surface area contributed by atoms with Crippen LogP contribution in [0.2, 0.25) is 0 Å². The molecular formula is C18H21NO3S. The number of methoxy groups -OCH3 is 1. The first-order valence-electron chi connectivity index (χ1n) is 7.62. The van der Waals surface area contributed by atoms with Gasteiger partial charge in [0, 0.05) is 0 Å². The van der Waals surface area contributed by atoms with Gasteiger partial charge in [-0.3, -0.25) is 0 Å². The van der Waals surface area contributed by atoms with Crippen LogP contribution in [0.5, 0.6) is 5.75 Å². The number of ether oxygens (including phenoxy) is 1. The number of benzene rings is 2. The molecule has 23 heavy (non-hydrogen) atoms. The quantitative estimate of drug-likeness (QED) is 0.915. The van der Waals surface area contributed by atoms with Gasteiger partial charge < -0.3 is 4.74 Å². The average molecular weight is 331 g/mol. The third-order valence-electron chi connectivity index (χ3n) is 4.51. The zero-order valence-electron chi connectivity index (χ0n) is 13.6. The molecule has 0 heterocycles. The van der Waals surface area contributed by atoms with Crippen molar-refractivity contribution in [1.29, 1.82) is 0 Å². The monoisotopic (exact) mass is 331 g/mol. The summed E-state index contributed by atoms with van der Waals surface area (Å²) in [6.45, 7) is 3.89. The Morgan fingerprint density at radius 1 is 1.00 bits per heavy atom. The van der Waals surface area contributed by atoms with Crippen LogP contribution < -0.4 is 9.46 Å². The molecule has 122 valence electrons. The molecule has 0 atom stereocenters. The van der Waals surface area contributed by atoms with E-state index < -0.39 is 15.6 Å². The zero-order valence-corrected chi connectivity index (χ0v) is 14.4. The summed E-state index contributed by atoms with van der Waals surface area (Å²) in [5.74, 6) is 0.765. The summed E-state index contributed by atoms with van der Waals surface area (Å²) in [6, 6.07) is 12.8. The molecule has 0 spiro atoms. The number of hydrogen-bond acceptors (Lipinski definition) is 3. The van der Waals surface area contributed by atoms with Crippen molar-refractivity contribution in [3.63, 3.8) is 0 Å². The second kappa shape index (κ2) is 5.65. The van der Waals surface area contributed by atoms with Crippen molar-refractivity contribution in [2.45, 2.75) is 37.1 Å². The Kier molecular flexibility index (Phi) is 3.94. The van der Waals surface area contributed by atoms with E-state index in [2.05, 4.69) is 4.72 Å². The highest BCUT2D eigenvalue weighted by Gasteiger charge is 2.47. The highest BCUT2D eigenvalue weighted by Crippen LogP contribution is 2.46. The third-order valence-corrected chi connectivity index (χ3v) is 6.05. The Balaban J connectivity index is 1.88. The van der Waals surface area contributed by atoms with Gasteiger partial charge in [0.15, 0.2) is 0 Å². The second-order valence-corrected chi connectivity index (χ2v) is 7.84. The van der Waals surface area contributed by atoms with Crippen molar-refractivity contribution < 1.29 is 13.2 Å². The third kappa shape index (κ3) is 3.12. The molecule has 0 radical (unpaired) electrons. The number of aryl methyl sites for hydroxylation is 2. The molecule has 4 nitrogen and oxygen atoms in total. The second-order valence-electron chi connectivity index (χ2n) is 6.16. The molecule has 1 saturated carbocycles. The Labute approximate surface area is 137 Å². The number of hydrogen-bond donors (Lipinski definition) is 1. The molecule has 3 rings (SSSR count). The smallest absolute Gasteiger partial charge is 0.241 e. The summed E-state index contributed by atoms with van der Waals surface area (Å²) in [6.07, 6.45) is 1.62. The molecule has 2 aromatic rings. The molecule has 1 aliphatic rings. The molecule has 1 fully saturated rings. The summed E-state index contributed by atoms with van der Waals surface area (Å²) < 4.78 is 33.5. The van der Waals surface area contributed by atoms with Crippen LogP contribution >= 0.6 is 0 Å². The minimum Gasteiger partial charge on any atom is -0.497 e. The maximum Gasteiger partial charge on any atom is 0.241 e. The Morgan fingerprint density at radius 2 is 1.65 bits per heavy atom. The lowest BCUT2D eigenvalue weighted by molar-refractivity contribution is 0.414. The standard InChI is InChI=1S/C18H21NO3S/c1-13-4-9-17(12-14(13)2)23(20,21)19-18(10-11-18)15-5-7-16(22-3)8-6-15/h4-9,12,19H,10-11H2,1-3H3. The Hall–Kier alpha value is -1.85. The van der Waals surface area contributed by atoms with Crippen LogP contribution in [0.4, 0.5) is 0 Å². The lowest BCUT2D eigenvalue weighted by Crippen LogP contribution is -2.34. The van der Waals surface area contributed by atoms with Gasteiger partial charge >= 0.3 is 0 Å². The topological polar surface area (TPSA) is 55.4 Å². The van der Waals surface area contributed by atoms with E-state index in [1.807, 2.05) is 44.2 Å². The lowest BCUT2D eigenvalue weighted by atomic mass is 10.1. The predicted octanol–water partition coefficient (Wildman–Crippen LogP) is 3.28. The highest BCUT2D eigenvalue weighted by molar-refractivity contribution is 7.89. The van der Waals surface area contributed by atoms with Crippen molar-refractivity contribution >= 4 is 10.0 Å². The van der Waals surface area contributed by atoms with Crippen LogP contribution in [-0.4, -0.2) is 15.5 Å².